The Morgan fingerprint density at radius 3 is 2.38 bits per heavy atom. The number of aromatic nitrogens is 1. The zero-order valence-corrected chi connectivity index (χ0v) is 13.1. The van der Waals surface area contributed by atoms with Crippen LogP contribution in [0.4, 0.5) is 0 Å². The maximum Gasteiger partial charge on any atom is 0.289 e. The zero-order valence-electron chi connectivity index (χ0n) is 13.1. The maximum atomic E-state index is 12.8. The lowest BCUT2D eigenvalue weighted by Crippen LogP contribution is -2.50. The molecule has 0 unspecified atom stereocenters. The number of carbonyl (C=O) groups is 2. The largest absolute Gasteiger partial charge is 0.459 e. The molecule has 1 N–H and O–H groups in total. The van der Waals surface area contributed by atoms with Crippen molar-refractivity contribution in [2.45, 2.75) is 0 Å². The third-order valence-electron chi connectivity index (χ3n) is 4.41. The van der Waals surface area contributed by atoms with Crippen LogP contribution in [0.2, 0.25) is 0 Å². The van der Waals surface area contributed by atoms with Crippen molar-refractivity contribution in [1.29, 1.82) is 0 Å². The lowest BCUT2D eigenvalue weighted by Gasteiger charge is -2.34. The molecule has 0 saturated carbocycles. The van der Waals surface area contributed by atoms with Gasteiger partial charge in [-0.25, -0.2) is 0 Å². The summed E-state index contributed by atoms with van der Waals surface area (Å²) >= 11 is 0. The van der Waals surface area contributed by atoms with E-state index < -0.39 is 0 Å². The molecular formula is C18H17N3O3. The molecule has 122 valence electrons. The van der Waals surface area contributed by atoms with Gasteiger partial charge in [0.05, 0.1) is 6.26 Å². The molecule has 0 aliphatic carbocycles. The van der Waals surface area contributed by atoms with E-state index in [4.69, 9.17) is 4.42 Å². The summed E-state index contributed by atoms with van der Waals surface area (Å²) in [4.78, 5) is 31.7. The van der Waals surface area contributed by atoms with E-state index in [0.29, 0.717) is 37.5 Å². The van der Waals surface area contributed by atoms with Crippen molar-refractivity contribution in [3.8, 4) is 0 Å². The molecule has 3 aromatic rings. The van der Waals surface area contributed by atoms with Crippen molar-refractivity contribution >= 4 is 22.7 Å². The van der Waals surface area contributed by atoms with Crippen LogP contribution in [0.5, 0.6) is 0 Å². The van der Waals surface area contributed by atoms with Gasteiger partial charge >= 0.3 is 0 Å². The van der Waals surface area contributed by atoms with E-state index in [1.165, 1.54) is 6.26 Å². The standard InChI is InChI=1S/C18H17N3O3/c22-17(14-3-1-4-15-13(14)6-7-19-15)20-8-10-21(11-9-20)18(23)16-5-2-12-24-16/h1-7,12,19H,8-11H2. The van der Waals surface area contributed by atoms with Gasteiger partial charge in [-0.1, -0.05) is 6.07 Å². The minimum absolute atomic E-state index is 0.00491. The molecule has 6 nitrogen and oxygen atoms in total. The molecule has 6 heteroatoms. The van der Waals surface area contributed by atoms with Gasteiger partial charge in [-0.3, -0.25) is 9.59 Å². The molecule has 1 aliphatic rings. The number of H-pyrrole nitrogens is 1. The van der Waals surface area contributed by atoms with Gasteiger partial charge in [0.2, 0.25) is 0 Å². The Hall–Kier alpha value is -3.02. The smallest absolute Gasteiger partial charge is 0.289 e. The lowest BCUT2D eigenvalue weighted by atomic mass is 10.1. The normalized spacial score (nSPS) is 15.0. The first-order valence-electron chi connectivity index (χ1n) is 7.92. The second kappa shape index (κ2) is 5.88. The highest BCUT2D eigenvalue weighted by Crippen LogP contribution is 2.20. The molecule has 0 atom stereocenters. The number of piperazine rings is 1. The van der Waals surface area contributed by atoms with Crippen molar-refractivity contribution in [1.82, 2.24) is 14.8 Å². The fourth-order valence-corrected chi connectivity index (χ4v) is 3.11. The third-order valence-corrected chi connectivity index (χ3v) is 4.41. The monoisotopic (exact) mass is 323 g/mol. The van der Waals surface area contributed by atoms with Crippen LogP contribution >= 0.6 is 0 Å². The maximum absolute atomic E-state index is 12.8. The molecule has 3 heterocycles. The number of nitrogens with zero attached hydrogens (tertiary/aromatic N) is 2. The number of aromatic amines is 1. The molecule has 1 aliphatic heterocycles. The van der Waals surface area contributed by atoms with E-state index in [2.05, 4.69) is 4.98 Å². The summed E-state index contributed by atoms with van der Waals surface area (Å²) < 4.78 is 5.16. The quantitative estimate of drug-likeness (QED) is 0.787. The summed E-state index contributed by atoms with van der Waals surface area (Å²) in [6.07, 6.45) is 3.33. The second-order valence-electron chi connectivity index (χ2n) is 5.81. The fourth-order valence-electron chi connectivity index (χ4n) is 3.11. The Morgan fingerprint density at radius 1 is 0.917 bits per heavy atom. The Morgan fingerprint density at radius 2 is 1.67 bits per heavy atom. The molecule has 0 radical (unpaired) electrons. The van der Waals surface area contributed by atoms with Gasteiger partial charge < -0.3 is 19.2 Å². The number of benzene rings is 1. The van der Waals surface area contributed by atoms with Gasteiger partial charge in [-0.2, -0.15) is 0 Å². The minimum atomic E-state index is -0.125. The van der Waals surface area contributed by atoms with Crippen LogP contribution in [-0.4, -0.2) is 52.8 Å². The molecule has 0 spiro atoms. The van der Waals surface area contributed by atoms with Crippen LogP contribution in [-0.2, 0) is 0 Å². The third kappa shape index (κ3) is 2.46. The SMILES string of the molecule is O=C(c1ccco1)N1CCN(C(=O)c2cccc3[nH]ccc23)CC1. The van der Waals surface area contributed by atoms with Crippen molar-refractivity contribution in [2.24, 2.45) is 0 Å². The summed E-state index contributed by atoms with van der Waals surface area (Å²) in [6, 6.07) is 10.9. The number of amides is 2. The van der Waals surface area contributed by atoms with E-state index in [1.807, 2.05) is 30.5 Å². The van der Waals surface area contributed by atoms with Gasteiger partial charge in [0.1, 0.15) is 0 Å². The second-order valence-corrected chi connectivity index (χ2v) is 5.81. The topological polar surface area (TPSA) is 69.6 Å². The molecule has 0 bridgehead atoms. The predicted molar refractivity (Wildman–Crippen MR) is 88.8 cm³/mol. The highest BCUT2D eigenvalue weighted by atomic mass is 16.3. The first-order chi connectivity index (χ1) is 11.7. The summed E-state index contributed by atoms with van der Waals surface area (Å²) in [5, 5.41) is 0.927. The fraction of sp³-hybridized carbons (Fsp3) is 0.222. The van der Waals surface area contributed by atoms with Crippen molar-refractivity contribution in [3.05, 3.63) is 60.2 Å². The van der Waals surface area contributed by atoms with E-state index in [9.17, 15) is 9.59 Å². The van der Waals surface area contributed by atoms with Crippen LogP contribution in [0.15, 0.2) is 53.3 Å². The zero-order chi connectivity index (χ0) is 16.5. The summed E-state index contributed by atoms with van der Waals surface area (Å²) in [7, 11) is 0. The van der Waals surface area contributed by atoms with Gasteiger partial charge in [0.25, 0.3) is 11.8 Å². The number of hydrogen-bond acceptors (Lipinski definition) is 3. The minimum Gasteiger partial charge on any atom is -0.459 e. The Bertz CT molecular complexity index is 874. The number of nitrogens with one attached hydrogen (secondary N) is 1. The summed E-state index contributed by atoms with van der Waals surface area (Å²) in [6.45, 7) is 2.06. The van der Waals surface area contributed by atoms with Crippen molar-refractivity contribution in [2.75, 3.05) is 26.2 Å². The van der Waals surface area contributed by atoms with Crippen molar-refractivity contribution in [3.63, 3.8) is 0 Å². The number of carbonyl (C=O) groups excluding carboxylic acids is 2. The van der Waals surface area contributed by atoms with Crippen LogP contribution < -0.4 is 0 Å². The van der Waals surface area contributed by atoms with Crippen LogP contribution in [0.1, 0.15) is 20.9 Å². The summed E-state index contributed by atoms with van der Waals surface area (Å²) in [5.74, 6) is 0.219. The van der Waals surface area contributed by atoms with Gasteiger partial charge in [-0.15, -0.1) is 0 Å². The Kier molecular flexibility index (Phi) is 3.57. The van der Waals surface area contributed by atoms with Crippen LogP contribution in [0.3, 0.4) is 0 Å². The number of furan rings is 1. The highest BCUT2D eigenvalue weighted by molar-refractivity contribution is 6.06. The van der Waals surface area contributed by atoms with Crippen molar-refractivity contribution < 1.29 is 14.0 Å². The molecule has 4 rings (SSSR count). The average molecular weight is 323 g/mol. The van der Waals surface area contributed by atoms with Crippen LogP contribution in [0, 0.1) is 0 Å². The highest BCUT2D eigenvalue weighted by Gasteiger charge is 2.27. The lowest BCUT2D eigenvalue weighted by molar-refractivity contribution is 0.0519. The Balaban J connectivity index is 1.47. The van der Waals surface area contributed by atoms with Gasteiger partial charge in [0.15, 0.2) is 5.76 Å². The molecule has 1 saturated heterocycles. The molecule has 1 fully saturated rings. The van der Waals surface area contributed by atoms with E-state index in [-0.39, 0.29) is 11.8 Å². The number of hydrogen-bond donors (Lipinski definition) is 1. The van der Waals surface area contributed by atoms with E-state index in [0.717, 1.165) is 10.9 Å². The summed E-state index contributed by atoms with van der Waals surface area (Å²) in [5.41, 5.74) is 1.65. The molecular weight excluding hydrogens is 306 g/mol. The number of rotatable bonds is 2. The first-order valence-corrected chi connectivity index (χ1v) is 7.92. The Labute approximate surface area is 138 Å². The first kappa shape index (κ1) is 14.6. The molecule has 24 heavy (non-hydrogen) atoms. The van der Waals surface area contributed by atoms with Crippen LogP contribution in [0.25, 0.3) is 10.9 Å². The van der Waals surface area contributed by atoms with E-state index >= 15 is 0 Å². The molecule has 2 amide bonds. The predicted octanol–water partition coefficient (Wildman–Crippen LogP) is 2.36. The van der Waals surface area contributed by atoms with Gasteiger partial charge in [0, 0.05) is 48.8 Å². The molecule has 1 aromatic carbocycles. The average Bonchev–Trinajstić information content (AvgIpc) is 3.31. The molecule has 2 aromatic heterocycles. The van der Waals surface area contributed by atoms with Gasteiger partial charge in [-0.05, 0) is 30.3 Å². The van der Waals surface area contributed by atoms with E-state index in [1.54, 1.807) is 21.9 Å². The number of fused-ring (bicyclic) bond motifs is 1.